The third-order valence-corrected chi connectivity index (χ3v) is 2.88. The predicted octanol–water partition coefficient (Wildman–Crippen LogP) is 1.61. The Balaban J connectivity index is 2.22. The molecule has 6 heteroatoms. The molecule has 1 fully saturated rings. The number of hydrogen-bond donors (Lipinski definition) is 3. The van der Waals surface area contributed by atoms with E-state index >= 15 is 0 Å². The maximum absolute atomic E-state index is 11.7. The summed E-state index contributed by atoms with van der Waals surface area (Å²) in [5.41, 5.74) is 6.73. The molecule has 1 aromatic rings. The first-order valence-electron chi connectivity index (χ1n) is 5.66. The van der Waals surface area contributed by atoms with Crippen molar-refractivity contribution in [3.63, 3.8) is 0 Å². The Morgan fingerprint density at radius 2 is 2.22 bits per heavy atom. The monoisotopic (exact) mass is 265 g/mol. The molecule has 96 valence electrons. The van der Waals surface area contributed by atoms with Crippen molar-refractivity contribution in [2.75, 3.05) is 12.4 Å². The van der Waals surface area contributed by atoms with E-state index in [4.69, 9.17) is 22.7 Å². The summed E-state index contributed by atoms with van der Waals surface area (Å²) in [5, 5.41) is 5.57. The number of carbonyl (C=O) groups is 1. The molecule has 2 rings (SSSR count). The molecule has 1 saturated carbocycles. The van der Waals surface area contributed by atoms with Gasteiger partial charge in [0.1, 0.15) is 10.7 Å². The maximum atomic E-state index is 11.7. The molecule has 0 saturated heterocycles. The zero-order valence-electron chi connectivity index (χ0n) is 10.0. The first kappa shape index (κ1) is 12.6. The van der Waals surface area contributed by atoms with E-state index in [0.29, 0.717) is 17.0 Å². The van der Waals surface area contributed by atoms with E-state index in [9.17, 15) is 4.79 Å². The molecular weight excluding hydrogens is 250 g/mol. The summed E-state index contributed by atoms with van der Waals surface area (Å²) in [6.45, 7) is 0. The predicted molar refractivity (Wildman–Crippen MR) is 74.1 cm³/mol. The molecule has 1 aliphatic carbocycles. The number of anilines is 1. The number of thiocarbonyl (C=S) groups is 1. The molecule has 0 heterocycles. The lowest BCUT2D eigenvalue weighted by Gasteiger charge is -2.14. The molecule has 2 amide bonds. The molecule has 5 nitrogen and oxygen atoms in total. The zero-order chi connectivity index (χ0) is 13.1. The van der Waals surface area contributed by atoms with Gasteiger partial charge < -0.3 is 21.1 Å². The third kappa shape index (κ3) is 2.89. The summed E-state index contributed by atoms with van der Waals surface area (Å²) in [7, 11) is 1.53. The number of para-hydroxylation sites is 1. The Bertz CT molecular complexity index is 486. The van der Waals surface area contributed by atoms with E-state index in [2.05, 4.69) is 10.6 Å². The van der Waals surface area contributed by atoms with E-state index in [1.54, 1.807) is 18.2 Å². The Morgan fingerprint density at radius 3 is 2.78 bits per heavy atom. The van der Waals surface area contributed by atoms with Gasteiger partial charge in [-0.3, -0.25) is 0 Å². The van der Waals surface area contributed by atoms with Gasteiger partial charge in [-0.2, -0.15) is 0 Å². The van der Waals surface area contributed by atoms with E-state index in [1.165, 1.54) is 7.11 Å². The highest BCUT2D eigenvalue weighted by molar-refractivity contribution is 7.80. The van der Waals surface area contributed by atoms with Crippen LogP contribution in [0.25, 0.3) is 0 Å². The number of hydrogen-bond acceptors (Lipinski definition) is 3. The van der Waals surface area contributed by atoms with Gasteiger partial charge in [-0.05, 0) is 25.0 Å². The molecule has 0 aromatic heterocycles. The van der Waals surface area contributed by atoms with Crippen LogP contribution in [0.2, 0.25) is 0 Å². The zero-order valence-corrected chi connectivity index (χ0v) is 10.8. The van der Waals surface area contributed by atoms with Crippen LogP contribution >= 0.6 is 12.2 Å². The second-order valence-corrected chi connectivity index (χ2v) is 4.56. The molecule has 0 unspecified atom stereocenters. The second-order valence-electron chi connectivity index (χ2n) is 4.12. The van der Waals surface area contributed by atoms with Gasteiger partial charge in [-0.25, -0.2) is 4.79 Å². The van der Waals surface area contributed by atoms with Crippen LogP contribution in [0.1, 0.15) is 18.4 Å². The van der Waals surface area contributed by atoms with Crippen LogP contribution in [0.5, 0.6) is 5.75 Å². The van der Waals surface area contributed by atoms with Crippen LogP contribution in [0.15, 0.2) is 18.2 Å². The van der Waals surface area contributed by atoms with Gasteiger partial charge in [0, 0.05) is 11.6 Å². The van der Waals surface area contributed by atoms with Crippen molar-refractivity contribution in [3.8, 4) is 5.75 Å². The summed E-state index contributed by atoms with van der Waals surface area (Å²) in [6.07, 6.45) is 2.06. The number of amides is 2. The van der Waals surface area contributed by atoms with Crippen LogP contribution in [0.4, 0.5) is 10.5 Å². The fourth-order valence-corrected chi connectivity index (χ4v) is 1.77. The van der Waals surface area contributed by atoms with Gasteiger partial charge >= 0.3 is 6.03 Å². The number of benzene rings is 1. The van der Waals surface area contributed by atoms with E-state index in [0.717, 1.165) is 12.8 Å². The van der Waals surface area contributed by atoms with Crippen molar-refractivity contribution in [1.29, 1.82) is 0 Å². The summed E-state index contributed by atoms with van der Waals surface area (Å²) in [6, 6.07) is 5.29. The van der Waals surface area contributed by atoms with Gasteiger partial charge in [-0.15, -0.1) is 0 Å². The molecule has 0 spiro atoms. The van der Waals surface area contributed by atoms with Crippen molar-refractivity contribution in [2.45, 2.75) is 18.9 Å². The number of rotatable bonds is 4. The Labute approximate surface area is 111 Å². The average Bonchev–Trinajstić information content (AvgIpc) is 3.12. The van der Waals surface area contributed by atoms with Crippen molar-refractivity contribution in [3.05, 3.63) is 23.8 Å². The number of ether oxygens (including phenoxy) is 1. The van der Waals surface area contributed by atoms with E-state index in [1.807, 2.05) is 0 Å². The van der Waals surface area contributed by atoms with Crippen LogP contribution < -0.4 is 21.1 Å². The Kier molecular flexibility index (Phi) is 3.66. The summed E-state index contributed by atoms with van der Waals surface area (Å²) in [4.78, 5) is 12.0. The first-order valence-corrected chi connectivity index (χ1v) is 6.07. The topological polar surface area (TPSA) is 76.4 Å². The van der Waals surface area contributed by atoms with Crippen LogP contribution in [0, 0.1) is 0 Å². The largest absolute Gasteiger partial charge is 0.495 e. The van der Waals surface area contributed by atoms with Crippen molar-refractivity contribution in [1.82, 2.24) is 5.32 Å². The standard InChI is InChI=1S/C12H15N3O2S/c1-17-9-4-2-3-8(11(13)18)10(9)15-12(16)14-7-5-6-7/h2-4,7H,5-6H2,1H3,(H2,13,18)(H2,14,15,16). The average molecular weight is 265 g/mol. The van der Waals surface area contributed by atoms with Gasteiger partial charge in [0.25, 0.3) is 0 Å². The SMILES string of the molecule is COc1cccc(C(N)=S)c1NC(=O)NC1CC1. The van der Waals surface area contributed by atoms with Gasteiger partial charge in [0.2, 0.25) is 0 Å². The minimum absolute atomic E-state index is 0.218. The maximum Gasteiger partial charge on any atom is 0.319 e. The molecule has 4 N–H and O–H groups in total. The molecule has 0 bridgehead atoms. The lowest BCUT2D eigenvalue weighted by Crippen LogP contribution is -2.31. The number of urea groups is 1. The van der Waals surface area contributed by atoms with Crippen LogP contribution in [0.3, 0.4) is 0 Å². The smallest absolute Gasteiger partial charge is 0.319 e. The molecule has 0 atom stereocenters. The molecule has 1 aliphatic rings. The van der Waals surface area contributed by atoms with Gasteiger partial charge in [0.05, 0.1) is 12.8 Å². The first-order chi connectivity index (χ1) is 8.61. The van der Waals surface area contributed by atoms with Crippen molar-refractivity contribution < 1.29 is 9.53 Å². The number of nitrogens with one attached hydrogen (secondary N) is 2. The third-order valence-electron chi connectivity index (χ3n) is 2.66. The molecule has 18 heavy (non-hydrogen) atoms. The normalized spacial score (nSPS) is 13.8. The highest BCUT2D eigenvalue weighted by Crippen LogP contribution is 2.28. The quantitative estimate of drug-likeness (QED) is 0.723. The van der Waals surface area contributed by atoms with Crippen molar-refractivity contribution >= 4 is 28.9 Å². The highest BCUT2D eigenvalue weighted by atomic mass is 32.1. The fourth-order valence-electron chi connectivity index (χ4n) is 1.60. The minimum atomic E-state index is -0.264. The summed E-state index contributed by atoms with van der Waals surface area (Å²) in [5.74, 6) is 0.534. The minimum Gasteiger partial charge on any atom is -0.495 e. The summed E-state index contributed by atoms with van der Waals surface area (Å²) < 4.78 is 5.20. The Morgan fingerprint density at radius 1 is 1.50 bits per heavy atom. The number of carbonyl (C=O) groups excluding carboxylic acids is 1. The Hall–Kier alpha value is -1.82. The highest BCUT2D eigenvalue weighted by Gasteiger charge is 2.24. The van der Waals surface area contributed by atoms with Crippen LogP contribution in [-0.4, -0.2) is 24.2 Å². The number of methoxy groups -OCH3 is 1. The van der Waals surface area contributed by atoms with Gasteiger partial charge in [-0.1, -0.05) is 18.3 Å². The lowest BCUT2D eigenvalue weighted by atomic mass is 10.1. The molecule has 0 radical (unpaired) electrons. The second kappa shape index (κ2) is 5.22. The molecular formula is C12H15N3O2S. The summed E-state index contributed by atoms with van der Waals surface area (Å²) >= 11 is 4.96. The van der Waals surface area contributed by atoms with Crippen LogP contribution in [-0.2, 0) is 0 Å². The molecule has 0 aliphatic heterocycles. The fraction of sp³-hybridized carbons (Fsp3) is 0.333. The van der Waals surface area contributed by atoms with Gasteiger partial charge in [0.15, 0.2) is 0 Å². The van der Waals surface area contributed by atoms with E-state index in [-0.39, 0.29) is 17.1 Å². The molecule has 1 aromatic carbocycles. The van der Waals surface area contributed by atoms with Crippen molar-refractivity contribution in [2.24, 2.45) is 5.73 Å². The van der Waals surface area contributed by atoms with E-state index < -0.39 is 0 Å². The lowest BCUT2D eigenvalue weighted by molar-refractivity contribution is 0.251. The number of nitrogens with two attached hydrogens (primary N) is 1.